The predicted octanol–water partition coefficient (Wildman–Crippen LogP) is 4.41. The Morgan fingerprint density at radius 1 is 1.17 bits per heavy atom. The normalized spacial score (nSPS) is 20.7. The summed E-state index contributed by atoms with van der Waals surface area (Å²) in [6, 6.07) is 15.5. The Morgan fingerprint density at radius 2 is 1.96 bits per heavy atom. The Labute approximate surface area is 166 Å². The summed E-state index contributed by atoms with van der Waals surface area (Å²) in [5, 5.41) is 10.4. The van der Waals surface area contributed by atoms with Crippen LogP contribution in [-0.2, 0) is 6.54 Å². The zero-order valence-corrected chi connectivity index (χ0v) is 17.4. The molecule has 24 heavy (non-hydrogen) atoms. The first-order valence-corrected chi connectivity index (χ1v) is 9.55. The molecule has 1 saturated carbocycles. The summed E-state index contributed by atoms with van der Waals surface area (Å²) in [6.07, 6.45) is 5.98. The number of aliphatic imine (C=N–C) groups is 1. The fraction of sp³-hybridized carbons (Fsp3) is 0.421. The molecule has 0 spiro atoms. The lowest BCUT2D eigenvalue weighted by Crippen LogP contribution is -2.42. The van der Waals surface area contributed by atoms with Gasteiger partial charge in [0.15, 0.2) is 5.96 Å². The van der Waals surface area contributed by atoms with Gasteiger partial charge >= 0.3 is 0 Å². The summed E-state index contributed by atoms with van der Waals surface area (Å²) >= 11 is 1.98. The van der Waals surface area contributed by atoms with Crippen LogP contribution in [0.4, 0.5) is 0 Å². The van der Waals surface area contributed by atoms with Crippen LogP contribution in [0.15, 0.2) is 47.5 Å². The first-order chi connectivity index (χ1) is 11.3. The summed E-state index contributed by atoms with van der Waals surface area (Å²) < 4.78 is 0. The van der Waals surface area contributed by atoms with E-state index >= 15 is 0 Å². The monoisotopic (exact) mass is 455 g/mol. The van der Waals surface area contributed by atoms with Crippen molar-refractivity contribution in [3.05, 3.63) is 48.0 Å². The Bertz CT molecular complexity index is 684. The zero-order chi connectivity index (χ0) is 16.1. The minimum atomic E-state index is 0. The Hall–Kier alpha value is -0.950. The molecule has 0 saturated heterocycles. The molecule has 2 N–H and O–H groups in total. The van der Waals surface area contributed by atoms with Crippen LogP contribution in [0, 0.1) is 0 Å². The molecular weight excluding hydrogens is 429 g/mol. The van der Waals surface area contributed by atoms with E-state index in [2.05, 4.69) is 64.3 Å². The fourth-order valence-corrected chi connectivity index (χ4v) is 4.10. The summed E-state index contributed by atoms with van der Waals surface area (Å²) in [6.45, 7) is 0.791. The summed E-state index contributed by atoms with van der Waals surface area (Å²) in [4.78, 5) is 4.39. The third-order valence-corrected chi connectivity index (χ3v) is 5.70. The minimum absolute atomic E-state index is 0. The highest BCUT2D eigenvalue weighted by molar-refractivity contribution is 14.0. The van der Waals surface area contributed by atoms with Crippen molar-refractivity contribution in [1.29, 1.82) is 0 Å². The number of nitrogens with zero attached hydrogens (tertiary/aromatic N) is 1. The van der Waals surface area contributed by atoms with Gasteiger partial charge < -0.3 is 10.6 Å². The molecule has 0 heterocycles. The van der Waals surface area contributed by atoms with Crippen LogP contribution in [0.1, 0.15) is 24.8 Å². The number of thioether (sulfide) groups is 1. The second-order valence-corrected chi connectivity index (χ2v) is 7.21. The van der Waals surface area contributed by atoms with Crippen LogP contribution < -0.4 is 10.6 Å². The molecule has 2 aromatic rings. The summed E-state index contributed by atoms with van der Waals surface area (Å²) in [5.74, 6) is 0.907. The highest BCUT2D eigenvalue weighted by Gasteiger charge is 2.24. The Kier molecular flexibility index (Phi) is 7.68. The second-order valence-electron chi connectivity index (χ2n) is 6.08. The van der Waals surface area contributed by atoms with Gasteiger partial charge in [0.25, 0.3) is 0 Å². The van der Waals surface area contributed by atoms with Gasteiger partial charge in [-0.25, -0.2) is 0 Å². The Balaban J connectivity index is 0.00000208. The van der Waals surface area contributed by atoms with Gasteiger partial charge in [0, 0.05) is 24.9 Å². The first-order valence-electron chi connectivity index (χ1n) is 8.26. The predicted molar refractivity (Wildman–Crippen MR) is 118 cm³/mol. The number of benzene rings is 2. The van der Waals surface area contributed by atoms with E-state index in [1.54, 1.807) is 0 Å². The molecule has 5 heteroatoms. The molecule has 3 nitrogen and oxygen atoms in total. The van der Waals surface area contributed by atoms with Crippen LogP contribution >= 0.6 is 35.7 Å². The van der Waals surface area contributed by atoms with Gasteiger partial charge in [-0.15, -0.1) is 24.0 Å². The third-order valence-electron chi connectivity index (χ3n) is 4.61. The van der Waals surface area contributed by atoms with E-state index in [0.29, 0.717) is 6.04 Å². The summed E-state index contributed by atoms with van der Waals surface area (Å²) in [7, 11) is 1.85. The van der Waals surface area contributed by atoms with E-state index in [1.165, 1.54) is 35.6 Å². The topological polar surface area (TPSA) is 36.4 Å². The van der Waals surface area contributed by atoms with Crippen LogP contribution in [0.2, 0.25) is 0 Å². The van der Waals surface area contributed by atoms with E-state index in [0.717, 1.165) is 17.8 Å². The van der Waals surface area contributed by atoms with Gasteiger partial charge in [-0.1, -0.05) is 42.5 Å². The molecule has 0 aliphatic heterocycles. The molecule has 2 atom stereocenters. The van der Waals surface area contributed by atoms with E-state index in [4.69, 9.17) is 0 Å². The fourth-order valence-electron chi connectivity index (χ4n) is 3.30. The zero-order valence-electron chi connectivity index (χ0n) is 14.3. The average molecular weight is 455 g/mol. The van der Waals surface area contributed by atoms with Crippen molar-refractivity contribution in [1.82, 2.24) is 10.6 Å². The number of rotatable bonds is 4. The molecule has 0 amide bonds. The molecule has 0 aromatic heterocycles. The second kappa shape index (κ2) is 9.51. The van der Waals surface area contributed by atoms with Gasteiger partial charge in [-0.3, -0.25) is 4.99 Å². The lowest BCUT2D eigenvalue weighted by atomic mass is 10.0. The number of hydrogen-bond acceptors (Lipinski definition) is 2. The lowest BCUT2D eigenvalue weighted by molar-refractivity contribution is 0.615. The van der Waals surface area contributed by atoms with E-state index in [-0.39, 0.29) is 24.0 Å². The summed E-state index contributed by atoms with van der Waals surface area (Å²) in [5.41, 5.74) is 1.31. The molecule has 0 radical (unpaired) electrons. The van der Waals surface area contributed by atoms with Crippen LogP contribution in [0.25, 0.3) is 10.8 Å². The minimum Gasteiger partial charge on any atom is -0.354 e. The molecule has 2 aromatic carbocycles. The molecule has 1 aliphatic carbocycles. The molecule has 3 rings (SSSR count). The SMILES string of the molecule is CN=C(NCc1cccc2ccccc12)NC1CCC(SC)C1.I. The van der Waals surface area contributed by atoms with E-state index in [9.17, 15) is 0 Å². The molecule has 2 unspecified atom stereocenters. The lowest BCUT2D eigenvalue weighted by Gasteiger charge is -2.18. The number of nitrogens with one attached hydrogen (secondary N) is 2. The van der Waals surface area contributed by atoms with E-state index in [1.807, 2.05) is 18.8 Å². The first kappa shape index (κ1) is 19.4. The molecule has 1 aliphatic rings. The average Bonchev–Trinajstić information content (AvgIpc) is 3.06. The molecule has 130 valence electrons. The highest BCUT2D eigenvalue weighted by atomic mass is 127. The molecule has 0 bridgehead atoms. The maximum Gasteiger partial charge on any atom is 0.191 e. The standard InChI is InChI=1S/C19H25N3S.HI/c1-20-19(22-16-10-11-17(12-16)23-2)21-13-15-8-5-7-14-6-3-4-9-18(14)15;/h3-9,16-17H,10-13H2,1-2H3,(H2,20,21,22);1H. The Morgan fingerprint density at radius 3 is 2.71 bits per heavy atom. The molecular formula is C19H26IN3S. The van der Waals surface area contributed by atoms with Crippen molar-refractivity contribution in [3.63, 3.8) is 0 Å². The van der Waals surface area contributed by atoms with Gasteiger partial charge in [-0.2, -0.15) is 11.8 Å². The third kappa shape index (κ3) is 4.79. The van der Waals surface area contributed by atoms with Crippen molar-refractivity contribution in [2.75, 3.05) is 13.3 Å². The van der Waals surface area contributed by atoms with Crippen molar-refractivity contribution in [2.24, 2.45) is 4.99 Å². The van der Waals surface area contributed by atoms with Crippen molar-refractivity contribution in [3.8, 4) is 0 Å². The maximum absolute atomic E-state index is 4.39. The van der Waals surface area contributed by atoms with Crippen molar-refractivity contribution < 1.29 is 0 Å². The largest absolute Gasteiger partial charge is 0.354 e. The van der Waals surface area contributed by atoms with Crippen LogP contribution in [0.5, 0.6) is 0 Å². The van der Waals surface area contributed by atoms with Crippen molar-refractivity contribution in [2.45, 2.75) is 37.1 Å². The number of hydrogen-bond donors (Lipinski definition) is 2. The molecule has 1 fully saturated rings. The van der Waals surface area contributed by atoms with Gasteiger partial charge in [0.2, 0.25) is 0 Å². The quantitative estimate of drug-likeness (QED) is 0.408. The van der Waals surface area contributed by atoms with Crippen LogP contribution in [0.3, 0.4) is 0 Å². The number of halogens is 1. The van der Waals surface area contributed by atoms with Crippen LogP contribution in [-0.4, -0.2) is 30.6 Å². The van der Waals surface area contributed by atoms with Gasteiger partial charge in [0.05, 0.1) is 0 Å². The number of fused-ring (bicyclic) bond motifs is 1. The number of guanidine groups is 1. The van der Waals surface area contributed by atoms with Gasteiger partial charge in [-0.05, 0) is 41.9 Å². The highest BCUT2D eigenvalue weighted by Crippen LogP contribution is 2.28. The smallest absolute Gasteiger partial charge is 0.191 e. The van der Waals surface area contributed by atoms with Gasteiger partial charge in [0.1, 0.15) is 0 Å². The maximum atomic E-state index is 4.39. The van der Waals surface area contributed by atoms with Crippen molar-refractivity contribution >= 4 is 52.5 Å². The van der Waals surface area contributed by atoms with E-state index < -0.39 is 0 Å².